The fourth-order valence-corrected chi connectivity index (χ4v) is 9.34. The highest BCUT2D eigenvalue weighted by atomic mass is 35.5. The molecule has 318 valence electrons. The first-order chi connectivity index (χ1) is 27.5. The van der Waals surface area contributed by atoms with E-state index in [2.05, 4.69) is 26.8 Å². The van der Waals surface area contributed by atoms with Crippen molar-refractivity contribution in [2.45, 2.75) is 69.2 Å². The molecule has 0 spiro atoms. The average molecular weight is 869 g/mol. The number of carbonyl (C=O) groups is 1. The lowest BCUT2D eigenvalue weighted by Crippen LogP contribution is -2.46. The van der Waals surface area contributed by atoms with Gasteiger partial charge in [-0.1, -0.05) is 47.5 Å². The molecule has 3 aliphatic heterocycles. The summed E-state index contributed by atoms with van der Waals surface area (Å²) in [4.78, 5) is 23.5. The van der Waals surface area contributed by atoms with Crippen molar-refractivity contribution in [1.82, 2.24) is 24.3 Å². The lowest BCUT2D eigenvalue weighted by Gasteiger charge is -2.39. The maximum atomic E-state index is 13.3. The number of alkyl halides is 3. The van der Waals surface area contributed by atoms with Crippen LogP contribution < -0.4 is 16.2 Å². The molecule has 0 aliphatic carbocycles. The van der Waals surface area contributed by atoms with Gasteiger partial charge in [0.2, 0.25) is 5.91 Å². The van der Waals surface area contributed by atoms with E-state index in [1.54, 1.807) is 35.2 Å². The molecule has 58 heavy (non-hydrogen) atoms. The number of piperidine rings is 3. The molecule has 4 heterocycles. The minimum Gasteiger partial charge on any atom is -0.437 e. The van der Waals surface area contributed by atoms with E-state index in [4.69, 9.17) is 34.7 Å². The number of nitrogen functional groups attached to an aromatic ring is 1. The van der Waals surface area contributed by atoms with Gasteiger partial charge in [0.15, 0.2) is 0 Å². The maximum Gasteiger partial charge on any atom is 0.511 e. The number of hydrogen-bond acceptors (Lipinski definition) is 9. The normalized spacial score (nSPS) is 19.3. The Labute approximate surface area is 350 Å². The molecule has 3 fully saturated rings. The van der Waals surface area contributed by atoms with E-state index in [0.29, 0.717) is 60.7 Å². The Morgan fingerprint density at radius 2 is 1.40 bits per heavy atom. The number of nitrogens with one attached hydrogen (secondary N) is 1. The molecule has 2 aromatic carbocycles. The van der Waals surface area contributed by atoms with E-state index >= 15 is 0 Å². The molecule has 0 saturated carbocycles. The molecule has 3 aromatic rings. The number of nitrogens with zero attached hydrogens (tertiary/aromatic N) is 4. The first-order valence-electron chi connectivity index (χ1n) is 19.9. The van der Waals surface area contributed by atoms with Crippen molar-refractivity contribution in [3.05, 3.63) is 93.6 Å². The Balaban J connectivity index is 0.000000281. The summed E-state index contributed by atoms with van der Waals surface area (Å²) in [5.74, 6) is 0.947. The van der Waals surface area contributed by atoms with Crippen LogP contribution in [0.3, 0.4) is 0 Å². The van der Waals surface area contributed by atoms with Gasteiger partial charge >= 0.3 is 22.6 Å². The summed E-state index contributed by atoms with van der Waals surface area (Å²) in [6.07, 6.45) is 6.51. The summed E-state index contributed by atoms with van der Waals surface area (Å²) in [7, 11) is -5.81. The van der Waals surface area contributed by atoms with Crippen LogP contribution in [0.1, 0.15) is 67.1 Å². The number of likely N-dealkylation sites (tertiary alicyclic amines) is 2. The quantitative estimate of drug-likeness (QED) is 0.156. The Kier molecular flexibility index (Phi) is 16.7. The van der Waals surface area contributed by atoms with Crippen LogP contribution in [0.2, 0.25) is 16.9 Å². The molecule has 0 bridgehead atoms. The van der Waals surface area contributed by atoms with Crippen molar-refractivity contribution in [2.24, 2.45) is 23.5 Å². The SMILES string of the molecule is CB(O)N1CCC(C(CN)c2ccc(Cl)cc2)CC1.Nc1cc(CN2CCC(C(=O)N3CCC(C(CNS(=O)(=O)C(F)(F)F)c4ccc(Cl)cc4)CC3)CC2)ccn1. The number of pyridine rings is 1. The summed E-state index contributed by atoms with van der Waals surface area (Å²) in [6, 6.07) is 18.5. The molecule has 6 N–H and O–H groups in total. The third kappa shape index (κ3) is 12.8. The van der Waals surface area contributed by atoms with Gasteiger partial charge < -0.3 is 26.2 Å². The molecule has 1 aromatic heterocycles. The smallest absolute Gasteiger partial charge is 0.437 e. The van der Waals surface area contributed by atoms with Gasteiger partial charge in [-0.05, 0) is 149 Å². The summed E-state index contributed by atoms with van der Waals surface area (Å²) >= 11 is 11.9. The maximum absolute atomic E-state index is 13.3. The van der Waals surface area contributed by atoms with Crippen LogP contribution in [-0.4, -0.2) is 104 Å². The fraction of sp³-hybridized carbons (Fsp3) is 0.550. The van der Waals surface area contributed by atoms with Gasteiger partial charge in [-0.2, -0.15) is 13.2 Å². The van der Waals surface area contributed by atoms with Gasteiger partial charge in [0.1, 0.15) is 5.82 Å². The number of aromatic nitrogens is 1. The highest BCUT2D eigenvalue weighted by molar-refractivity contribution is 7.90. The number of sulfonamides is 1. The molecule has 3 aliphatic rings. The second-order valence-electron chi connectivity index (χ2n) is 15.7. The number of nitrogens with two attached hydrogens (primary N) is 2. The van der Waals surface area contributed by atoms with Crippen molar-refractivity contribution in [3.8, 4) is 0 Å². The summed E-state index contributed by atoms with van der Waals surface area (Å²) in [5, 5.41) is 10.8. The topological polar surface area (TPSA) is 158 Å². The van der Waals surface area contributed by atoms with E-state index in [1.807, 2.05) is 36.0 Å². The fourth-order valence-electron chi connectivity index (χ4n) is 8.52. The van der Waals surface area contributed by atoms with E-state index in [0.717, 1.165) is 69.0 Å². The molecule has 2 unspecified atom stereocenters. The Morgan fingerprint density at radius 3 is 1.90 bits per heavy atom. The van der Waals surface area contributed by atoms with Gasteiger partial charge in [-0.3, -0.25) is 9.69 Å². The van der Waals surface area contributed by atoms with Crippen molar-refractivity contribution in [1.29, 1.82) is 0 Å². The summed E-state index contributed by atoms with van der Waals surface area (Å²) < 4.78 is 63.8. The summed E-state index contributed by atoms with van der Waals surface area (Å²) in [6.45, 7) is 7.33. The molecular weight excluding hydrogens is 813 g/mol. The van der Waals surface area contributed by atoms with Crippen molar-refractivity contribution in [3.63, 3.8) is 0 Å². The van der Waals surface area contributed by atoms with Crippen LogP contribution >= 0.6 is 23.2 Å². The van der Waals surface area contributed by atoms with Gasteiger partial charge in [0.05, 0.1) is 0 Å². The minimum atomic E-state index is -5.47. The predicted molar refractivity (Wildman–Crippen MR) is 225 cm³/mol. The third-order valence-corrected chi connectivity index (χ3v) is 13.6. The van der Waals surface area contributed by atoms with Crippen LogP contribution in [0, 0.1) is 17.8 Å². The average Bonchev–Trinajstić information content (AvgIpc) is 3.20. The van der Waals surface area contributed by atoms with Gasteiger partial charge in [-0.15, -0.1) is 0 Å². The molecule has 18 heteroatoms. The number of carbonyl (C=O) groups excluding carboxylic acids is 1. The largest absolute Gasteiger partial charge is 0.511 e. The Hall–Kier alpha value is -2.96. The van der Waals surface area contributed by atoms with Crippen LogP contribution in [0.25, 0.3) is 0 Å². The van der Waals surface area contributed by atoms with Crippen LogP contribution in [0.15, 0.2) is 66.9 Å². The zero-order valence-corrected chi connectivity index (χ0v) is 35.2. The van der Waals surface area contributed by atoms with Gasteiger partial charge in [0.25, 0.3) is 0 Å². The Bertz CT molecular complexity index is 1860. The van der Waals surface area contributed by atoms with Gasteiger partial charge in [-0.25, -0.2) is 18.1 Å². The van der Waals surface area contributed by atoms with Crippen molar-refractivity contribution >= 4 is 52.0 Å². The van der Waals surface area contributed by atoms with E-state index in [1.165, 1.54) is 5.56 Å². The van der Waals surface area contributed by atoms with Crippen molar-refractivity contribution in [2.75, 3.05) is 58.1 Å². The van der Waals surface area contributed by atoms with Crippen molar-refractivity contribution < 1.29 is 31.4 Å². The number of benzene rings is 2. The predicted octanol–water partition coefficient (Wildman–Crippen LogP) is 6.20. The van der Waals surface area contributed by atoms with E-state index < -0.39 is 21.4 Å². The van der Waals surface area contributed by atoms with Crippen LogP contribution in [0.4, 0.5) is 19.0 Å². The monoisotopic (exact) mass is 867 g/mol. The zero-order chi connectivity index (χ0) is 42.0. The second kappa shape index (κ2) is 21.0. The summed E-state index contributed by atoms with van der Waals surface area (Å²) in [5.41, 5.74) is 9.43. The standard InChI is InChI=1S/C26H33ClF3N5O3S.C14H22BClN2O/c27-22-3-1-19(2-4-22)23(16-33-39(37,38)26(28,29)30)20-8-13-35(14-9-20)25(36)21-6-11-34(12-7-21)17-18-5-10-32-24(31)15-18;1-15(19)18-8-6-12(7-9-18)14(10-17)11-2-4-13(16)5-3-11/h1-5,10,15,20-21,23,33H,6-9,11-14,16-17H2,(H2,31,32);2-5,12,14,19H,6-10,17H2,1H3. The van der Waals surface area contributed by atoms with Gasteiger partial charge in [0, 0.05) is 54.3 Å². The lowest BCUT2D eigenvalue weighted by atomic mass is 9.76. The number of hydrogen-bond donors (Lipinski definition) is 4. The number of amides is 1. The second-order valence-corrected chi connectivity index (χ2v) is 18.3. The molecule has 0 radical (unpaired) electrons. The zero-order valence-electron chi connectivity index (χ0n) is 32.8. The number of rotatable bonds is 12. The molecule has 11 nitrogen and oxygen atoms in total. The van der Waals surface area contributed by atoms with Crippen LogP contribution in [0.5, 0.6) is 0 Å². The third-order valence-electron chi connectivity index (χ3n) is 11.9. The molecule has 6 rings (SSSR count). The first-order valence-corrected chi connectivity index (χ1v) is 22.2. The highest BCUT2D eigenvalue weighted by Crippen LogP contribution is 2.36. The highest BCUT2D eigenvalue weighted by Gasteiger charge is 2.46. The lowest BCUT2D eigenvalue weighted by molar-refractivity contribution is -0.138. The molecule has 1 amide bonds. The van der Waals surface area contributed by atoms with E-state index in [-0.39, 0.29) is 31.3 Å². The number of halogens is 5. The van der Waals surface area contributed by atoms with E-state index in [9.17, 15) is 31.4 Å². The first kappa shape index (κ1) is 46.1. The molecule has 2 atom stereocenters. The molecular formula is C40H55BCl2F3N7O4S. The van der Waals surface area contributed by atoms with Crippen LogP contribution in [-0.2, 0) is 21.4 Å². The molecule has 3 saturated heterocycles. The Morgan fingerprint density at radius 1 is 0.879 bits per heavy atom. The number of anilines is 1. The minimum absolute atomic E-state index is 0.0639.